The van der Waals surface area contributed by atoms with Gasteiger partial charge in [-0.05, 0) is 20.2 Å². The summed E-state index contributed by atoms with van der Waals surface area (Å²) in [4.78, 5) is 2.16. The number of halogens is 1. The third kappa shape index (κ3) is 1.59. The summed E-state index contributed by atoms with van der Waals surface area (Å²) in [5.41, 5.74) is 6.91. The molecule has 16 heavy (non-hydrogen) atoms. The van der Waals surface area contributed by atoms with Gasteiger partial charge < -0.3 is 10.5 Å². The van der Waals surface area contributed by atoms with E-state index in [1.165, 1.54) is 0 Å². The predicted octanol–water partition coefficient (Wildman–Crippen LogP) is 1.84. The molecule has 1 aromatic rings. The normalized spacial score (nSPS) is 24.1. The van der Waals surface area contributed by atoms with Crippen molar-refractivity contribution in [1.82, 2.24) is 4.90 Å². The van der Waals surface area contributed by atoms with Gasteiger partial charge in [0.2, 0.25) is 0 Å². The van der Waals surface area contributed by atoms with E-state index in [4.69, 9.17) is 22.1 Å². The monoisotopic (exact) mass is 240 g/mol. The van der Waals surface area contributed by atoms with E-state index < -0.39 is 0 Å². The van der Waals surface area contributed by atoms with Crippen molar-refractivity contribution in [3.8, 4) is 5.75 Å². The number of nitrogens with two attached hydrogens (primary N) is 1. The molecule has 1 heterocycles. The molecule has 4 heteroatoms. The van der Waals surface area contributed by atoms with Crippen LogP contribution in [0, 0.1) is 0 Å². The van der Waals surface area contributed by atoms with Gasteiger partial charge in [-0.1, -0.05) is 23.7 Å². The zero-order valence-corrected chi connectivity index (χ0v) is 10.4. The van der Waals surface area contributed by atoms with E-state index in [9.17, 15) is 0 Å². The van der Waals surface area contributed by atoms with E-state index in [0.29, 0.717) is 18.2 Å². The summed E-state index contributed by atoms with van der Waals surface area (Å²) in [5, 5.41) is 0.664. The Bertz CT molecular complexity index is 395. The van der Waals surface area contributed by atoms with Gasteiger partial charge in [0.15, 0.2) is 0 Å². The first kappa shape index (κ1) is 11.7. The van der Waals surface area contributed by atoms with Crippen LogP contribution >= 0.6 is 11.6 Å². The minimum absolute atomic E-state index is 0.154. The molecule has 0 fully saturated rings. The van der Waals surface area contributed by atoms with Gasteiger partial charge >= 0.3 is 0 Å². The van der Waals surface area contributed by atoms with Crippen molar-refractivity contribution < 1.29 is 4.74 Å². The Morgan fingerprint density at radius 3 is 2.88 bits per heavy atom. The second-order valence-corrected chi connectivity index (χ2v) is 4.75. The van der Waals surface area contributed by atoms with Crippen molar-refractivity contribution in [3.63, 3.8) is 0 Å². The molecule has 1 atom stereocenters. The highest BCUT2D eigenvalue weighted by Crippen LogP contribution is 2.42. The second-order valence-electron chi connectivity index (χ2n) is 4.35. The molecular weight excluding hydrogens is 224 g/mol. The van der Waals surface area contributed by atoms with Gasteiger partial charge in [-0.2, -0.15) is 0 Å². The van der Waals surface area contributed by atoms with Crippen LogP contribution in [0.2, 0.25) is 5.02 Å². The molecule has 0 aliphatic carbocycles. The zero-order chi connectivity index (χ0) is 11.8. The quantitative estimate of drug-likeness (QED) is 0.857. The number of para-hydroxylation sites is 1. The number of hydrogen-bond acceptors (Lipinski definition) is 3. The molecule has 0 spiro atoms. The lowest BCUT2D eigenvalue weighted by Gasteiger charge is -2.43. The lowest BCUT2D eigenvalue weighted by molar-refractivity contribution is 0.0939. The number of likely N-dealkylation sites (N-methyl/N-ethyl adjacent to an activating group) is 1. The zero-order valence-electron chi connectivity index (χ0n) is 9.66. The van der Waals surface area contributed by atoms with Gasteiger partial charge in [-0.25, -0.2) is 0 Å². The highest BCUT2D eigenvalue weighted by atomic mass is 35.5. The minimum atomic E-state index is -0.154. The summed E-state index contributed by atoms with van der Waals surface area (Å²) >= 11 is 6.15. The number of ether oxygens (including phenoxy) is 1. The molecule has 0 aromatic heterocycles. The van der Waals surface area contributed by atoms with Crippen molar-refractivity contribution in [3.05, 3.63) is 28.8 Å². The minimum Gasteiger partial charge on any atom is -0.492 e. The standard InChI is InChI=1S/C12H17ClN2O/c1-15(2)12(8-14)6-7-16-11-9(12)4-3-5-10(11)13/h3-5H,6-8,14H2,1-2H3. The summed E-state index contributed by atoms with van der Waals surface area (Å²) in [5.74, 6) is 0.787. The molecule has 1 aliphatic heterocycles. The van der Waals surface area contributed by atoms with Gasteiger partial charge in [0, 0.05) is 18.5 Å². The van der Waals surface area contributed by atoms with E-state index in [-0.39, 0.29) is 5.54 Å². The van der Waals surface area contributed by atoms with Crippen LogP contribution in [-0.4, -0.2) is 32.1 Å². The summed E-state index contributed by atoms with van der Waals surface area (Å²) < 4.78 is 5.65. The Balaban J connectivity index is 2.58. The van der Waals surface area contributed by atoms with Crippen LogP contribution in [0.25, 0.3) is 0 Å². The largest absolute Gasteiger partial charge is 0.492 e. The first-order chi connectivity index (χ1) is 7.62. The molecule has 3 nitrogen and oxygen atoms in total. The van der Waals surface area contributed by atoms with Crippen LogP contribution in [0.4, 0.5) is 0 Å². The third-order valence-electron chi connectivity index (χ3n) is 3.42. The first-order valence-electron chi connectivity index (χ1n) is 5.41. The Morgan fingerprint density at radius 2 is 2.25 bits per heavy atom. The smallest absolute Gasteiger partial charge is 0.142 e. The SMILES string of the molecule is CN(C)C1(CN)CCOc2c(Cl)cccc21. The summed E-state index contributed by atoms with van der Waals surface area (Å²) in [6.45, 7) is 1.23. The van der Waals surface area contributed by atoms with E-state index in [0.717, 1.165) is 17.7 Å². The Morgan fingerprint density at radius 1 is 1.50 bits per heavy atom. The maximum absolute atomic E-state index is 6.15. The molecule has 1 aliphatic rings. The molecule has 2 rings (SSSR count). The van der Waals surface area contributed by atoms with E-state index >= 15 is 0 Å². The van der Waals surface area contributed by atoms with Gasteiger partial charge in [0.25, 0.3) is 0 Å². The lowest BCUT2D eigenvalue weighted by Crippen LogP contribution is -2.50. The van der Waals surface area contributed by atoms with Crippen LogP contribution < -0.4 is 10.5 Å². The van der Waals surface area contributed by atoms with Crippen LogP contribution in [0.5, 0.6) is 5.75 Å². The molecule has 0 saturated heterocycles. The van der Waals surface area contributed by atoms with E-state index in [1.54, 1.807) is 0 Å². The van der Waals surface area contributed by atoms with Gasteiger partial charge in [-0.15, -0.1) is 0 Å². The molecule has 0 radical (unpaired) electrons. The number of nitrogens with zero attached hydrogens (tertiary/aromatic N) is 1. The second kappa shape index (κ2) is 4.24. The van der Waals surface area contributed by atoms with Gasteiger partial charge in [0.1, 0.15) is 5.75 Å². The van der Waals surface area contributed by atoms with Crippen molar-refractivity contribution in [2.24, 2.45) is 5.73 Å². The van der Waals surface area contributed by atoms with Gasteiger partial charge in [0.05, 0.1) is 17.2 Å². The van der Waals surface area contributed by atoms with Crippen molar-refractivity contribution in [1.29, 1.82) is 0 Å². The Hall–Kier alpha value is -0.770. The third-order valence-corrected chi connectivity index (χ3v) is 3.72. The van der Waals surface area contributed by atoms with E-state index in [2.05, 4.69) is 4.90 Å². The predicted molar refractivity (Wildman–Crippen MR) is 66.0 cm³/mol. The molecule has 1 unspecified atom stereocenters. The molecule has 1 aromatic carbocycles. The highest BCUT2D eigenvalue weighted by molar-refractivity contribution is 6.32. The fourth-order valence-electron chi connectivity index (χ4n) is 2.34. The molecule has 88 valence electrons. The van der Waals surface area contributed by atoms with E-state index in [1.807, 2.05) is 32.3 Å². The van der Waals surface area contributed by atoms with Crippen LogP contribution in [0.15, 0.2) is 18.2 Å². The average Bonchev–Trinajstić information content (AvgIpc) is 2.28. The fourth-order valence-corrected chi connectivity index (χ4v) is 2.57. The average molecular weight is 241 g/mol. The molecule has 0 saturated carbocycles. The molecule has 0 amide bonds. The fraction of sp³-hybridized carbons (Fsp3) is 0.500. The number of fused-ring (bicyclic) bond motifs is 1. The van der Waals surface area contributed by atoms with Crippen LogP contribution in [0.3, 0.4) is 0 Å². The molecule has 2 N–H and O–H groups in total. The van der Waals surface area contributed by atoms with Crippen molar-refractivity contribution in [2.75, 3.05) is 27.2 Å². The van der Waals surface area contributed by atoms with Crippen molar-refractivity contribution >= 4 is 11.6 Å². The highest BCUT2D eigenvalue weighted by Gasteiger charge is 2.39. The molecular formula is C12H17ClN2O. The van der Waals surface area contributed by atoms with Crippen LogP contribution in [0.1, 0.15) is 12.0 Å². The Labute approximate surface area is 101 Å². The first-order valence-corrected chi connectivity index (χ1v) is 5.79. The van der Waals surface area contributed by atoms with Crippen LogP contribution in [-0.2, 0) is 5.54 Å². The summed E-state index contributed by atoms with van der Waals surface area (Å²) in [7, 11) is 4.09. The summed E-state index contributed by atoms with van der Waals surface area (Å²) in [6, 6.07) is 5.85. The lowest BCUT2D eigenvalue weighted by atomic mass is 9.83. The molecule has 0 bridgehead atoms. The number of hydrogen-bond donors (Lipinski definition) is 1. The maximum Gasteiger partial charge on any atom is 0.142 e. The van der Waals surface area contributed by atoms with Gasteiger partial charge in [-0.3, -0.25) is 4.90 Å². The maximum atomic E-state index is 6.15. The summed E-state index contributed by atoms with van der Waals surface area (Å²) in [6.07, 6.45) is 0.893. The topological polar surface area (TPSA) is 38.5 Å². The number of benzene rings is 1. The van der Waals surface area contributed by atoms with Crippen molar-refractivity contribution in [2.45, 2.75) is 12.0 Å². The Kier molecular flexibility index (Phi) is 3.10. The number of rotatable bonds is 2.